The Morgan fingerprint density at radius 1 is 1.42 bits per heavy atom. The minimum absolute atomic E-state index is 0.0414. The van der Waals surface area contributed by atoms with Crippen molar-refractivity contribution in [1.82, 2.24) is 9.97 Å². The van der Waals surface area contributed by atoms with Gasteiger partial charge in [-0.25, -0.2) is 4.98 Å². The molecule has 0 aromatic carbocycles. The van der Waals surface area contributed by atoms with Crippen molar-refractivity contribution in [3.63, 3.8) is 0 Å². The third-order valence-corrected chi connectivity index (χ3v) is 4.74. The Morgan fingerprint density at radius 2 is 2.05 bits per heavy atom. The van der Waals surface area contributed by atoms with Gasteiger partial charge in [0, 0.05) is 6.61 Å². The minimum atomic E-state index is -0.373. The molecule has 1 fully saturated rings. The Kier molecular flexibility index (Phi) is 4.66. The van der Waals surface area contributed by atoms with Gasteiger partial charge in [0.15, 0.2) is 0 Å². The zero-order valence-corrected chi connectivity index (χ0v) is 13.9. The smallest absolute Gasteiger partial charge is 0.264 e. The second kappa shape index (κ2) is 5.91. The Labute approximate surface area is 127 Å². The van der Waals surface area contributed by atoms with E-state index in [1.54, 1.807) is 0 Å². The molecule has 1 aromatic heterocycles. The first-order valence-corrected chi connectivity index (χ1v) is 8.02. The lowest BCUT2D eigenvalue weighted by atomic mass is 10.00. The van der Waals surface area contributed by atoms with E-state index in [1.165, 1.54) is 0 Å². The largest absolute Gasteiger partial charge is 0.367 e. The summed E-state index contributed by atoms with van der Waals surface area (Å²) in [5.74, 6) is 0.967. The molecule has 0 unspecified atom stereocenters. The minimum Gasteiger partial charge on any atom is -0.367 e. The summed E-state index contributed by atoms with van der Waals surface area (Å²) in [6.45, 7) is 6.77. The molecule has 1 N–H and O–H groups in total. The van der Waals surface area contributed by atoms with Crippen LogP contribution in [-0.2, 0) is 10.3 Å². The van der Waals surface area contributed by atoms with Gasteiger partial charge in [0.05, 0.1) is 9.26 Å². The molecule has 19 heavy (non-hydrogen) atoms. The van der Waals surface area contributed by atoms with Crippen LogP contribution in [0.4, 0.5) is 0 Å². The predicted molar refractivity (Wildman–Crippen MR) is 83.4 cm³/mol. The average molecular weight is 376 g/mol. The van der Waals surface area contributed by atoms with Gasteiger partial charge in [-0.15, -0.1) is 0 Å². The fourth-order valence-electron chi connectivity index (χ4n) is 2.75. The van der Waals surface area contributed by atoms with Crippen LogP contribution in [0.3, 0.4) is 0 Å². The Bertz CT molecular complexity index is 505. The molecule has 1 aliphatic carbocycles. The lowest BCUT2D eigenvalue weighted by Gasteiger charge is -2.28. The maximum atomic E-state index is 12.1. The Hall–Kier alpha value is -0.430. The van der Waals surface area contributed by atoms with Crippen molar-refractivity contribution in [1.29, 1.82) is 0 Å². The molecule has 0 amide bonds. The van der Waals surface area contributed by atoms with Gasteiger partial charge in [-0.1, -0.05) is 13.8 Å². The molecule has 5 heteroatoms. The van der Waals surface area contributed by atoms with Crippen LogP contribution in [0, 0.1) is 3.57 Å². The number of ether oxygens (including phenoxy) is 1. The molecule has 106 valence electrons. The van der Waals surface area contributed by atoms with E-state index in [9.17, 15) is 4.79 Å². The van der Waals surface area contributed by atoms with Gasteiger partial charge in [0.25, 0.3) is 5.56 Å². The maximum Gasteiger partial charge on any atom is 0.264 e. The number of aromatic amines is 1. The zero-order chi connectivity index (χ0) is 14.0. The van der Waals surface area contributed by atoms with E-state index in [0.29, 0.717) is 10.2 Å². The number of H-pyrrole nitrogens is 1. The maximum absolute atomic E-state index is 12.1. The first-order chi connectivity index (χ1) is 9.00. The van der Waals surface area contributed by atoms with Crippen LogP contribution in [0.1, 0.15) is 63.9 Å². The van der Waals surface area contributed by atoms with E-state index >= 15 is 0 Å². The number of nitrogens with one attached hydrogen (secondary N) is 1. The van der Waals surface area contributed by atoms with E-state index < -0.39 is 0 Å². The van der Waals surface area contributed by atoms with Crippen LogP contribution >= 0.6 is 22.6 Å². The van der Waals surface area contributed by atoms with E-state index in [4.69, 9.17) is 9.72 Å². The van der Waals surface area contributed by atoms with Gasteiger partial charge in [-0.3, -0.25) is 4.79 Å². The third-order valence-electron chi connectivity index (χ3n) is 3.70. The molecular weight excluding hydrogens is 355 g/mol. The highest BCUT2D eigenvalue weighted by Gasteiger charge is 2.39. The van der Waals surface area contributed by atoms with Crippen LogP contribution in [0.2, 0.25) is 0 Å². The number of nitrogens with zero attached hydrogens (tertiary/aromatic N) is 1. The van der Waals surface area contributed by atoms with E-state index in [0.717, 1.165) is 37.2 Å². The molecule has 0 aliphatic heterocycles. The highest BCUT2D eigenvalue weighted by Crippen LogP contribution is 2.40. The van der Waals surface area contributed by atoms with Gasteiger partial charge in [0.2, 0.25) is 0 Å². The number of hydrogen-bond acceptors (Lipinski definition) is 3. The van der Waals surface area contributed by atoms with Crippen molar-refractivity contribution in [3.8, 4) is 0 Å². The second-order valence-corrected chi connectivity index (χ2v) is 6.48. The molecule has 0 saturated heterocycles. The van der Waals surface area contributed by atoms with E-state index in [2.05, 4.69) is 41.4 Å². The molecule has 0 atom stereocenters. The summed E-state index contributed by atoms with van der Waals surface area (Å²) in [4.78, 5) is 19.8. The summed E-state index contributed by atoms with van der Waals surface area (Å²) in [6.07, 6.45) is 4.16. The van der Waals surface area contributed by atoms with Crippen molar-refractivity contribution in [3.05, 3.63) is 25.4 Å². The normalized spacial score (nSPS) is 18.2. The van der Waals surface area contributed by atoms with Gasteiger partial charge < -0.3 is 9.72 Å². The zero-order valence-electron chi connectivity index (χ0n) is 11.8. The number of hydrogen-bond donors (Lipinski definition) is 1. The lowest BCUT2D eigenvalue weighted by molar-refractivity contribution is -0.0460. The Balaban J connectivity index is 2.52. The summed E-state index contributed by atoms with van der Waals surface area (Å²) >= 11 is 2.08. The monoisotopic (exact) mass is 376 g/mol. The fourth-order valence-corrected chi connectivity index (χ4v) is 3.62. The molecule has 0 radical (unpaired) electrons. The average Bonchev–Trinajstić information content (AvgIpc) is 2.82. The molecule has 1 aliphatic rings. The summed E-state index contributed by atoms with van der Waals surface area (Å²) < 4.78 is 6.67. The Morgan fingerprint density at radius 3 is 2.58 bits per heavy atom. The predicted octanol–water partition coefficient (Wildman–Crippen LogP) is 3.30. The van der Waals surface area contributed by atoms with Crippen molar-refractivity contribution in [2.24, 2.45) is 0 Å². The van der Waals surface area contributed by atoms with Crippen molar-refractivity contribution >= 4 is 22.6 Å². The molecule has 1 aromatic rings. The first-order valence-electron chi connectivity index (χ1n) is 6.94. The van der Waals surface area contributed by atoms with Crippen molar-refractivity contribution in [2.75, 3.05) is 6.61 Å². The van der Waals surface area contributed by atoms with Crippen molar-refractivity contribution < 1.29 is 4.74 Å². The lowest BCUT2D eigenvalue weighted by Crippen LogP contribution is -2.33. The van der Waals surface area contributed by atoms with Crippen LogP contribution in [-0.4, -0.2) is 16.6 Å². The third kappa shape index (κ3) is 2.86. The van der Waals surface area contributed by atoms with E-state index in [-0.39, 0.29) is 17.1 Å². The first kappa shape index (κ1) is 15.0. The van der Waals surface area contributed by atoms with Crippen LogP contribution in [0.5, 0.6) is 0 Å². The van der Waals surface area contributed by atoms with Crippen LogP contribution < -0.4 is 5.56 Å². The van der Waals surface area contributed by atoms with Gasteiger partial charge in [0.1, 0.15) is 11.4 Å². The molecule has 0 bridgehead atoms. The molecular formula is C14H21IN2O2. The topological polar surface area (TPSA) is 55.0 Å². The summed E-state index contributed by atoms with van der Waals surface area (Å²) in [7, 11) is 0. The summed E-state index contributed by atoms with van der Waals surface area (Å²) in [5, 5.41) is 0. The molecule has 1 heterocycles. The number of rotatable bonds is 4. The summed E-state index contributed by atoms with van der Waals surface area (Å²) in [5.41, 5.74) is 0.465. The SMILES string of the molecule is CCOC1(c2nc(C(C)C)c(I)c(=O)[nH]2)CCCC1. The van der Waals surface area contributed by atoms with Crippen LogP contribution in [0.25, 0.3) is 0 Å². The number of aromatic nitrogens is 2. The molecule has 4 nitrogen and oxygen atoms in total. The standard InChI is InChI=1S/C14H21IN2O2/c1-4-19-14(7-5-6-8-14)13-16-11(9(2)3)10(15)12(18)17-13/h9H,4-8H2,1-3H3,(H,16,17,18). The van der Waals surface area contributed by atoms with Crippen LogP contribution in [0.15, 0.2) is 4.79 Å². The highest BCUT2D eigenvalue weighted by atomic mass is 127. The highest BCUT2D eigenvalue weighted by molar-refractivity contribution is 14.1. The summed E-state index contributed by atoms with van der Waals surface area (Å²) in [6, 6.07) is 0. The quantitative estimate of drug-likeness (QED) is 0.821. The number of halogens is 1. The van der Waals surface area contributed by atoms with Gasteiger partial charge >= 0.3 is 0 Å². The second-order valence-electron chi connectivity index (χ2n) is 5.40. The van der Waals surface area contributed by atoms with Gasteiger partial charge in [-0.05, 0) is 61.1 Å². The van der Waals surface area contributed by atoms with E-state index in [1.807, 2.05) is 6.92 Å². The fraction of sp³-hybridized carbons (Fsp3) is 0.714. The van der Waals surface area contributed by atoms with Crippen molar-refractivity contribution in [2.45, 2.75) is 58.0 Å². The molecule has 2 rings (SSSR count). The van der Waals surface area contributed by atoms with Gasteiger partial charge in [-0.2, -0.15) is 0 Å². The molecule has 1 saturated carbocycles. The molecule has 0 spiro atoms.